The van der Waals surface area contributed by atoms with Crippen molar-refractivity contribution in [3.8, 4) is 5.75 Å². The Morgan fingerprint density at radius 1 is 1.19 bits per heavy atom. The second kappa shape index (κ2) is 6.92. The lowest BCUT2D eigenvalue weighted by Crippen LogP contribution is -2.35. The summed E-state index contributed by atoms with van der Waals surface area (Å²) in [5.74, 6) is -0.421. The number of aryl methyl sites for hydroxylation is 1. The van der Waals surface area contributed by atoms with Crippen molar-refractivity contribution >= 4 is 21.0 Å². The minimum absolute atomic E-state index is 0.161. The van der Waals surface area contributed by atoms with Gasteiger partial charge in [-0.3, -0.25) is 4.98 Å². The Balaban J connectivity index is 2.14. The minimum atomic E-state index is -5.80. The van der Waals surface area contributed by atoms with Crippen molar-refractivity contribution in [3.05, 3.63) is 35.5 Å². The highest BCUT2D eigenvalue weighted by Crippen LogP contribution is 2.39. The molecule has 0 N–H and O–H groups in total. The van der Waals surface area contributed by atoms with E-state index in [-0.39, 0.29) is 5.39 Å². The highest BCUT2D eigenvalue weighted by atomic mass is 32.2. The molecule has 0 saturated carbocycles. The highest BCUT2D eigenvalue weighted by Gasteiger charge is 2.48. The van der Waals surface area contributed by atoms with Gasteiger partial charge in [0.15, 0.2) is 5.75 Å². The molecule has 0 amide bonds. The van der Waals surface area contributed by atoms with Crippen LogP contribution in [-0.2, 0) is 25.2 Å². The molecule has 0 spiro atoms. The lowest BCUT2D eigenvalue weighted by molar-refractivity contribution is -0.0947. The molecule has 0 unspecified atom stereocenters. The summed E-state index contributed by atoms with van der Waals surface area (Å²) in [5.41, 5.74) is -4.85. The average molecular weight is 405 g/mol. The van der Waals surface area contributed by atoms with Crippen LogP contribution in [0.5, 0.6) is 5.75 Å². The summed E-state index contributed by atoms with van der Waals surface area (Å²) in [7, 11) is -4.25. The van der Waals surface area contributed by atoms with Crippen LogP contribution in [0.3, 0.4) is 0 Å². The second-order valence-electron chi connectivity index (χ2n) is 6.29. The normalized spacial score (nSPS) is 17.8. The van der Waals surface area contributed by atoms with Gasteiger partial charge in [0.2, 0.25) is 0 Å². The molecule has 2 aromatic rings. The number of aromatic nitrogens is 1. The SMILES string of the molecule is COC1(c2ccc3nc(C)cc(OS(=O)(=O)C(F)(F)F)c3c2)CCOCC1. The first-order valence-corrected chi connectivity index (χ1v) is 9.54. The Hall–Kier alpha value is -1.91. The average Bonchev–Trinajstić information content (AvgIpc) is 2.60. The zero-order valence-electron chi connectivity index (χ0n) is 14.7. The molecular weight excluding hydrogens is 387 g/mol. The van der Waals surface area contributed by atoms with Gasteiger partial charge in [0, 0.05) is 50.3 Å². The topological polar surface area (TPSA) is 74.7 Å². The predicted octanol–water partition coefficient (Wildman–Crippen LogP) is 3.42. The number of fused-ring (bicyclic) bond motifs is 1. The molecule has 6 nitrogen and oxygen atoms in total. The van der Waals surface area contributed by atoms with Gasteiger partial charge in [0.1, 0.15) is 0 Å². The van der Waals surface area contributed by atoms with Crippen molar-refractivity contribution < 1.29 is 35.2 Å². The fraction of sp³-hybridized carbons (Fsp3) is 0.471. The molecule has 0 atom stereocenters. The largest absolute Gasteiger partial charge is 0.534 e. The number of halogens is 3. The summed E-state index contributed by atoms with van der Waals surface area (Å²) in [6.07, 6.45) is 1.12. The molecule has 2 heterocycles. The number of methoxy groups -OCH3 is 1. The third-order valence-corrected chi connectivity index (χ3v) is 5.56. The smallest absolute Gasteiger partial charge is 0.381 e. The van der Waals surface area contributed by atoms with Gasteiger partial charge in [0.05, 0.1) is 11.1 Å². The maximum absolute atomic E-state index is 12.7. The van der Waals surface area contributed by atoms with Crippen LogP contribution in [0.25, 0.3) is 10.9 Å². The first-order chi connectivity index (χ1) is 12.6. The number of rotatable bonds is 4. The standard InChI is InChI=1S/C17H18F3NO5S/c1-11-9-15(26-27(22,23)17(18,19)20)13-10-12(3-4-14(13)21-11)16(24-2)5-7-25-8-6-16/h3-4,9-10H,5-8H2,1-2H3. The number of nitrogens with zero attached hydrogens (tertiary/aromatic N) is 1. The third kappa shape index (κ3) is 3.74. The molecule has 27 heavy (non-hydrogen) atoms. The van der Waals surface area contributed by atoms with Crippen LogP contribution in [0.2, 0.25) is 0 Å². The summed E-state index contributed by atoms with van der Waals surface area (Å²) < 4.78 is 76.6. The Morgan fingerprint density at radius 3 is 2.44 bits per heavy atom. The van der Waals surface area contributed by atoms with Crippen molar-refractivity contribution in [2.24, 2.45) is 0 Å². The van der Waals surface area contributed by atoms with E-state index in [1.165, 1.54) is 13.0 Å². The fourth-order valence-corrected chi connectivity index (χ4v) is 3.62. The van der Waals surface area contributed by atoms with Crippen LogP contribution in [0.15, 0.2) is 24.3 Å². The van der Waals surface area contributed by atoms with Gasteiger partial charge in [-0.05, 0) is 24.6 Å². The van der Waals surface area contributed by atoms with E-state index in [9.17, 15) is 21.6 Å². The van der Waals surface area contributed by atoms with Crippen LogP contribution >= 0.6 is 0 Å². The van der Waals surface area contributed by atoms with Crippen molar-refractivity contribution in [2.75, 3.05) is 20.3 Å². The second-order valence-corrected chi connectivity index (χ2v) is 7.83. The van der Waals surface area contributed by atoms with E-state index in [0.29, 0.717) is 42.8 Å². The number of benzene rings is 1. The quantitative estimate of drug-likeness (QED) is 0.573. The molecule has 3 rings (SSSR count). The predicted molar refractivity (Wildman–Crippen MR) is 90.8 cm³/mol. The van der Waals surface area contributed by atoms with Crippen molar-refractivity contribution in [1.82, 2.24) is 4.98 Å². The molecule has 1 aromatic heterocycles. The molecule has 148 valence electrons. The van der Waals surface area contributed by atoms with Gasteiger partial charge in [0.25, 0.3) is 0 Å². The molecule has 0 bridgehead atoms. The van der Waals surface area contributed by atoms with Gasteiger partial charge in [-0.1, -0.05) is 6.07 Å². The molecule has 0 radical (unpaired) electrons. The van der Waals surface area contributed by atoms with E-state index in [1.54, 1.807) is 25.3 Å². The lowest BCUT2D eigenvalue weighted by Gasteiger charge is -2.36. The minimum Gasteiger partial charge on any atom is -0.381 e. The Kier molecular flexibility index (Phi) is 5.08. The number of ether oxygens (including phenoxy) is 2. The maximum Gasteiger partial charge on any atom is 0.534 e. The van der Waals surface area contributed by atoms with E-state index in [1.807, 2.05) is 0 Å². The van der Waals surface area contributed by atoms with Gasteiger partial charge < -0.3 is 13.7 Å². The number of hydrogen-bond donors (Lipinski definition) is 0. The van der Waals surface area contributed by atoms with Gasteiger partial charge in [-0.2, -0.15) is 21.6 Å². The Labute approximate surface area is 154 Å². The van der Waals surface area contributed by atoms with Crippen LogP contribution < -0.4 is 4.18 Å². The first kappa shape index (κ1) is 19.8. The molecule has 1 fully saturated rings. The van der Waals surface area contributed by atoms with Crippen molar-refractivity contribution in [1.29, 1.82) is 0 Å². The zero-order valence-corrected chi connectivity index (χ0v) is 15.5. The molecule has 1 aliphatic rings. The maximum atomic E-state index is 12.7. The molecule has 1 aliphatic heterocycles. The van der Waals surface area contributed by atoms with E-state index >= 15 is 0 Å². The Morgan fingerprint density at radius 2 is 1.85 bits per heavy atom. The molecule has 0 aliphatic carbocycles. The third-order valence-electron chi connectivity index (χ3n) is 4.60. The number of alkyl halides is 3. The van der Waals surface area contributed by atoms with Crippen LogP contribution in [0, 0.1) is 6.92 Å². The highest BCUT2D eigenvalue weighted by molar-refractivity contribution is 7.88. The lowest BCUT2D eigenvalue weighted by atomic mass is 9.85. The monoisotopic (exact) mass is 405 g/mol. The summed E-state index contributed by atoms with van der Waals surface area (Å²) in [6, 6.07) is 6.11. The van der Waals surface area contributed by atoms with Gasteiger partial charge >= 0.3 is 15.6 Å². The molecular formula is C17H18F3NO5S. The molecule has 10 heteroatoms. The summed E-state index contributed by atoms with van der Waals surface area (Å²) in [6.45, 7) is 2.49. The molecule has 1 aromatic carbocycles. The van der Waals surface area contributed by atoms with Crippen molar-refractivity contribution in [2.45, 2.75) is 30.9 Å². The summed E-state index contributed by atoms with van der Waals surface area (Å²) in [5, 5.41) is 0.161. The number of hydrogen-bond acceptors (Lipinski definition) is 6. The van der Waals surface area contributed by atoms with E-state index in [2.05, 4.69) is 9.17 Å². The fourth-order valence-electron chi connectivity index (χ4n) is 3.15. The molecule has 1 saturated heterocycles. The van der Waals surface area contributed by atoms with Gasteiger partial charge in [-0.15, -0.1) is 0 Å². The van der Waals surface area contributed by atoms with E-state index in [4.69, 9.17) is 9.47 Å². The van der Waals surface area contributed by atoms with E-state index < -0.39 is 27.0 Å². The van der Waals surface area contributed by atoms with Crippen LogP contribution in [0.1, 0.15) is 24.1 Å². The van der Waals surface area contributed by atoms with Crippen molar-refractivity contribution in [3.63, 3.8) is 0 Å². The van der Waals surface area contributed by atoms with Crippen LogP contribution in [-0.4, -0.2) is 39.2 Å². The zero-order chi connectivity index (χ0) is 19.9. The summed E-state index contributed by atoms with van der Waals surface area (Å²) in [4.78, 5) is 4.24. The van der Waals surface area contributed by atoms with Crippen LogP contribution in [0.4, 0.5) is 13.2 Å². The Bertz CT molecular complexity index is 953. The number of pyridine rings is 1. The summed E-state index contributed by atoms with van der Waals surface area (Å²) >= 11 is 0. The van der Waals surface area contributed by atoms with Gasteiger partial charge in [-0.25, -0.2) is 0 Å². The van der Waals surface area contributed by atoms with E-state index in [0.717, 1.165) is 0 Å². The first-order valence-electron chi connectivity index (χ1n) is 8.13.